The molecule has 0 rings (SSSR count). The summed E-state index contributed by atoms with van der Waals surface area (Å²) in [6.07, 6.45) is 2.22. The van der Waals surface area contributed by atoms with Crippen molar-refractivity contribution in [3.63, 3.8) is 0 Å². The lowest BCUT2D eigenvalue weighted by Crippen LogP contribution is -1.96. The van der Waals surface area contributed by atoms with Crippen LogP contribution in [-0.4, -0.2) is 29.3 Å². The third-order valence-corrected chi connectivity index (χ3v) is 2.04. The van der Waals surface area contributed by atoms with Crippen LogP contribution in [0.5, 0.6) is 0 Å². The van der Waals surface area contributed by atoms with Gasteiger partial charge in [0.25, 0.3) is 0 Å². The van der Waals surface area contributed by atoms with E-state index in [4.69, 9.17) is 16.3 Å². The summed E-state index contributed by atoms with van der Waals surface area (Å²) in [5.41, 5.74) is 0. The summed E-state index contributed by atoms with van der Waals surface area (Å²) < 4.78 is 5.25. The number of rotatable bonds is 6. The van der Waals surface area contributed by atoms with Gasteiger partial charge in [-0.25, -0.2) is 0 Å². The Bertz CT molecular complexity index is 46.3. The van der Waals surface area contributed by atoms with Crippen LogP contribution in [0.2, 0.25) is 6.04 Å². The predicted molar refractivity (Wildman–Crippen MR) is 45.5 cm³/mol. The van der Waals surface area contributed by atoms with Gasteiger partial charge in [0.05, 0.1) is 0 Å². The van der Waals surface area contributed by atoms with E-state index in [2.05, 4.69) is 0 Å². The third kappa shape index (κ3) is 8.47. The summed E-state index contributed by atoms with van der Waals surface area (Å²) >= 11 is 5.44. The molecule has 0 saturated heterocycles. The summed E-state index contributed by atoms with van der Waals surface area (Å²) in [6.45, 7) is 1.77. The van der Waals surface area contributed by atoms with Crippen LogP contribution in [0.3, 0.4) is 0 Å². The Balaban J connectivity index is 2.60. The average Bonchev–Trinajstić information content (AvgIpc) is 1.89. The number of hydrogen-bond donors (Lipinski definition) is 0. The molecule has 0 aliphatic rings. The van der Waals surface area contributed by atoms with E-state index in [0.29, 0.717) is 0 Å². The molecule has 0 radical (unpaired) electrons. The normalized spacial score (nSPS) is 10.3. The first-order valence-corrected chi connectivity index (χ1v) is 5.50. The summed E-state index contributed by atoms with van der Waals surface area (Å²) in [5, 5.41) is 0. The van der Waals surface area contributed by atoms with Gasteiger partial charge in [0.1, 0.15) is 0 Å². The molecule has 0 spiro atoms. The van der Waals surface area contributed by atoms with Gasteiger partial charge in [-0.05, 0) is 12.8 Å². The fourth-order valence-corrected chi connectivity index (χ4v) is 0.903. The smallest absolute Gasteiger partial charge is 0.0477 e. The highest BCUT2D eigenvalue weighted by atomic mass is 35.5. The first-order valence-electron chi connectivity index (χ1n) is 3.55. The molecule has 0 heterocycles. The number of halogens is 1. The van der Waals surface area contributed by atoms with Gasteiger partial charge in [0.15, 0.2) is 0 Å². The second-order valence-corrected chi connectivity index (χ2v) is 3.39. The second-order valence-electron chi connectivity index (χ2n) is 2.01. The van der Waals surface area contributed by atoms with Crippen molar-refractivity contribution in [2.45, 2.75) is 18.9 Å². The maximum absolute atomic E-state index is 5.44. The van der Waals surface area contributed by atoms with Crippen molar-refractivity contribution >= 4 is 21.8 Å². The van der Waals surface area contributed by atoms with Crippen LogP contribution in [0.25, 0.3) is 0 Å². The van der Waals surface area contributed by atoms with Crippen molar-refractivity contribution in [3.05, 3.63) is 0 Å². The molecule has 0 N–H and O–H groups in total. The number of ether oxygens (including phenoxy) is 1. The van der Waals surface area contributed by atoms with E-state index in [1.807, 2.05) is 0 Å². The third-order valence-electron chi connectivity index (χ3n) is 1.06. The zero-order valence-corrected chi connectivity index (χ0v) is 8.78. The summed E-state index contributed by atoms with van der Waals surface area (Å²) in [7, 11) is 1.30. The maximum atomic E-state index is 5.44. The van der Waals surface area contributed by atoms with E-state index >= 15 is 0 Å². The monoisotopic (exact) mass is 166 g/mol. The molecule has 0 unspecified atom stereocenters. The van der Waals surface area contributed by atoms with Gasteiger partial charge in [-0.1, -0.05) is 6.04 Å². The van der Waals surface area contributed by atoms with Gasteiger partial charge in [0, 0.05) is 29.3 Å². The Morgan fingerprint density at radius 2 is 1.89 bits per heavy atom. The Morgan fingerprint density at radius 1 is 1.22 bits per heavy atom. The van der Waals surface area contributed by atoms with E-state index in [1.165, 1.54) is 22.7 Å². The largest absolute Gasteiger partial charge is 0.381 e. The van der Waals surface area contributed by atoms with Gasteiger partial charge in [-0.2, -0.15) is 0 Å². The fourth-order valence-electron chi connectivity index (χ4n) is 0.505. The van der Waals surface area contributed by atoms with Gasteiger partial charge in [-0.3, -0.25) is 0 Å². The molecule has 0 aromatic heterocycles. The quantitative estimate of drug-likeness (QED) is 0.323. The van der Waals surface area contributed by atoms with Crippen molar-refractivity contribution in [2.24, 2.45) is 0 Å². The van der Waals surface area contributed by atoms with Crippen molar-refractivity contribution in [2.75, 3.05) is 19.1 Å². The van der Waals surface area contributed by atoms with E-state index in [0.717, 1.165) is 25.5 Å². The van der Waals surface area contributed by atoms with E-state index in [9.17, 15) is 0 Å². The average molecular weight is 167 g/mol. The Hall–Kier alpha value is 0.467. The molecule has 3 heteroatoms. The Kier molecular flexibility index (Phi) is 8.91. The first-order chi connectivity index (χ1) is 4.41. The molecular weight excluding hydrogens is 152 g/mol. The van der Waals surface area contributed by atoms with Crippen molar-refractivity contribution < 1.29 is 4.74 Å². The molecule has 0 bridgehead atoms. The molecule has 0 aliphatic carbocycles. The van der Waals surface area contributed by atoms with Crippen molar-refractivity contribution in [1.82, 2.24) is 0 Å². The fraction of sp³-hybridized carbons (Fsp3) is 1.00. The Morgan fingerprint density at radius 3 is 2.44 bits per heavy atom. The molecule has 0 aromatic rings. The Labute approximate surface area is 65.2 Å². The van der Waals surface area contributed by atoms with Crippen molar-refractivity contribution in [1.29, 1.82) is 0 Å². The zero-order chi connectivity index (χ0) is 6.95. The zero-order valence-electron chi connectivity index (χ0n) is 6.03. The predicted octanol–water partition coefficient (Wildman–Crippen LogP) is 0.806. The number of alkyl halides is 1. The van der Waals surface area contributed by atoms with Gasteiger partial charge < -0.3 is 4.74 Å². The second kappa shape index (κ2) is 8.47. The molecule has 0 aliphatic heterocycles. The van der Waals surface area contributed by atoms with Crippen LogP contribution < -0.4 is 0 Å². The highest BCUT2D eigenvalue weighted by Crippen LogP contribution is 1.89. The minimum atomic E-state index is 0.723. The maximum Gasteiger partial charge on any atom is 0.0477 e. The minimum absolute atomic E-state index is 0.723. The van der Waals surface area contributed by atoms with E-state index < -0.39 is 0 Å². The number of hydrogen-bond acceptors (Lipinski definition) is 1. The summed E-state index contributed by atoms with van der Waals surface area (Å²) in [4.78, 5) is 0. The lowest BCUT2D eigenvalue weighted by Gasteiger charge is -1.99. The summed E-state index contributed by atoms with van der Waals surface area (Å²) in [5.74, 6) is 0.723. The first kappa shape index (κ1) is 9.47. The highest BCUT2D eigenvalue weighted by molar-refractivity contribution is 6.17. The standard InChI is InChI=1S/C6H15ClOSi/c7-3-1-4-8-5-2-6-9/h1-6H2,9H3. The highest BCUT2D eigenvalue weighted by Gasteiger charge is 1.85. The molecule has 9 heavy (non-hydrogen) atoms. The summed E-state index contributed by atoms with van der Waals surface area (Å²) in [6, 6.07) is 1.35. The van der Waals surface area contributed by atoms with E-state index in [1.54, 1.807) is 0 Å². The molecule has 0 fully saturated rings. The molecule has 0 atom stereocenters. The molecule has 0 aromatic carbocycles. The molecular formula is C6H15ClOSi. The SMILES string of the molecule is [SiH3]CCCOCCCCl. The van der Waals surface area contributed by atoms with E-state index in [-0.39, 0.29) is 0 Å². The molecule has 0 saturated carbocycles. The van der Waals surface area contributed by atoms with Crippen LogP contribution in [0.15, 0.2) is 0 Å². The van der Waals surface area contributed by atoms with Gasteiger partial charge >= 0.3 is 0 Å². The van der Waals surface area contributed by atoms with Crippen LogP contribution in [0, 0.1) is 0 Å². The minimum Gasteiger partial charge on any atom is -0.381 e. The van der Waals surface area contributed by atoms with Gasteiger partial charge in [0.2, 0.25) is 0 Å². The lowest BCUT2D eigenvalue weighted by molar-refractivity contribution is 0.136. The topological polar surface area (TPSA) is 9.23 Å². The van der Waals surface area contributed by atoms with Gasteiger partial charge in [-0.15, -0.1) is 11.6 Å². The van der Waals surface area contributed by atoms with Crippen LogP contribution >= 0.6 is 11.6 Å². The lowest BCUT2D eigenvalue weighted by atomic mass is 10.5. The van der Waals surface area contributed by atoms with Crippen LogP contribution in [0.4, 0.5) is 0 Å². The van der Waals surface area contributed by atoms with Crippen LogP contribution in [-0.2, 0) is 4.74 Å². The van der Waals surface area contributed by atoms with Crippen molar-refractivity contribution in [3.8, 4) is 0 Å². The van der Waals surface area contributed by atoms with Crippen LogP contribution in [0.1, 0.15) is 12.8 Å². The molecule has 1 nitrogen and oxygen atoms in total. The molecule has 0 amide bonds. The molecule has 56 valence electrons.